The van der Waals surface area contributed by atoms with Crippen LogP contribution >= 0.6 is 11.6 Å². The first-order chi connectivity index (χ1) is 12.7. The minimum Gasteiger partial charge on any atom is -0.393 e. The van der Waals surface area contributed by atoms with Crippen LogP contribution < -0.4 is 16.0 Å². The molecule has 2 unspecified atom stereocenters. The molecule has 2 heterocycles. The van der Waals surface area contributed by atoms with Crippen LogP contribution in [0.5, 0.6) is 0 Å². The van der Waals surface area contributed by atoms with Gasteiger partial charge in [-0.25, -0.2) is 9.97 Å². The highest BCUT2D eigenvalue weighted by Crippen LogP contribution is 2.54. The number of rotatable bonds is 3. The van der Waals surface area contributed by atoms with Gasteiger partial charge in [0.1, 0.15) is 12.0 Å². The van der Waals surface area contributed by atoms with Crippen molar-refractivity contribution in [2.45, 2.75) is 53.0 Å². The Bertz CT molecular complexity index is 881. The van der Waals surface area contributed by atoms with E-state index in [4.69, 9.17) is 17.3 Å². The van der Waals surface area contributed by atoms with Gasteiger partial charge in [0.15, 0.2) is 11.6 Å². The number of benzene rings is 1. The van der Waals surface area contributed by atoms with Crippen molar-refractivity contribution in [2.75, 3.05) is 22.5 Å². The lowest BCUT2D eigenvalue weighted by atomic mass is 9.65. The molecule has 1 aromatic heterocycles. The van der Waals surface area contributed by atoms with Crippen molar-refractivity contribution in [1.82, 2.24) is 9.97 Å². The Balaban J connectivity index is 1.64. The van der Waals surface area contributed by atoms with Gasteiger partial charge in [-0.3, -0.25) is 0 Å². The Morgan fingerprint density at radius 3 is 2.74 bits per heavy atom. The van der Waals surface area contributed by atoms with E-state index < -0.39 is 0 Å². The predicted octanol–water partition coefficient (Wildman–Crippen LogP) is 5.17. The number of halogens is 1. The molecular formula is C21H28ClN5. The average Bonchev–Trinajstić information content (AvgIpc) is 2.82. The summed E-state index contributed by atoms with van der Waals surface area (Å²) in [4.78, 5) is 11.3. The summed E-state index contributed by atoms with van der Waals surface area (Å²) in [6.07, 6.45) is 5.21. The number of hydrogen-bond acceptors (Lipinski definition) is 5. The highest BCUT2D eigenvalue weighted by Gasteiger charge is 2.50. The van der Waals surface area contributed by atoms with Crippen LogP contribution in [0.15, 0.2) is 24.5 Å². The second-order valence-electron chi connectivity index (χ2n) is 9.39. The zero-order valence-corrected chi connectivity index (χ0v) is 17.3. The molecule has 2 fully saturated rings. The van der Waals surface area contributed by atoms with E-state index in [-0.39, 0.29) is 0 Å². The van der Waals surface area contributed by atoms with Crippen molar-refractivity contribution in [3.05, 3.63) is 35.1 Å². The van der Waals surface area contributed by atoms with Gasteiger partial charge in [0.2, 0.25) is 0 Å². The van der Waals surface area contributed by atoms with Gasteiger partial charge < -0.3 is 16.0 Å². The van der Waals surface area contributed by atoms with Gasteiger partial charge in [-0.15, -0.1) is 0 Å². The molecule has 6 heteroatoms. The highest BCUT2D eigenvalue weighted by molar-refractivity contribution is 6.31. The van der Waals surface area contributed by atoms with Gasteiger partial charge in [-0.2, -0.15) is 0 Å². The van der Waals surface area contributed by atoms with E-state index in [9.17, 15) is 0 Å². The van der Waals surface area contributed by atoms with Gasteiger partial charge in [-0.1, -0.05) is 38.4 Å². The zero-order chi connectivity index (χ0) is 19.4. The molecule has 2 atom stereocenters. The van der Waals surface area contributed by atoms with Gasteiger partial charge in [0.25, 0.3) is 0 Å². The topological polar surface area (TPSA) is 67.1 Å². The first-order valence-electron chi connectivity index (χ1n) is 9.56. The molecule has 144 valence electrons. The van der Waals surface area contributed by atoms with Crippen LogP contribution in [0.1, 0.15) is 45.6 Å². The largest absolute Gasteiger partial charge is 0.393 e. The second-order valence-corrected chi connectivity index (χ2v) is 9.80. The minimum absolute atomic E-state index is 0.321. The van der Waals surface area contributed by atoms with Crippen LogP contribution in [0, 0.1) is 17.8 Å². The first kappa shape index (κ1) is 18.4. The van der Waals surface area contributed by atoms with Gasteiger partial charge in [0, 0.05) is 23.3 Å². The number of nitrogens with two attached hydrogens (primary N) is 1. The smallest absolute Gasteiger partial charge is 0.159 e. The molecule has 2 bridgehead atoms. The van der Waals surface area contributed by atoms with Gasteiger partial charge in [0.05, 0.1) is 0 Å². The molecule has 2 aliphatic rings. The lowest BCUT2D eigenvalue weighted by Crippen LogP contribution is -2.35. The van der Waals surface area contributed by atoms with Crippen LogP contribution in [0.3, 0.4) is 0 Å². The molecule has 1 saturated carbocycles. The van der Waals surface area contributed by atoms with Crippen molar-refractivity contribution >= 4 is 34.6 Å². The summed E-state index contributed by atoms with van der Waals surface area (Å²) in [6, 6.07) is 6.34. The molecular weight excluding hydrogens is 358 g/mol. The number of anilines is 4. The van der Waals surface area contributed by atoms with Crippen molar-refractivity contribution in [3.8, 4) is 0 Å². The summed E-state index contributed by atoms with van der Waals surface area (Å²) in [5.41, 5.74) is 9.70. The lowest BCUT2D eigenvalue weighted by Gasteiger charge is -2.39. The predicted molar refractivity (Wildman–Crippen MR) is 113 cm³/mol. The van der Waals surface area contributed by atoms with E-state index in [1.807, 2.05) is 25.1 Å². The van der Waals surface area contributed by atoms with E-state index >= 15 is 0 Å². The number of nitrogen functional groups attached to an aromatic ring is 1. The number of fused-ring (bicyclic) bond motifs is 2. The normalized spacial score (nSPS) is 26.3. The van der Waals surface area contributed by atoms with Crippen LogP contribution in [-0.2, 0) is 0 Å². The minimum atomic E-state index is 0.321. The van der Waals surface area contributed by atoms with Crippen molar-refractivity contribution in [1.29, 1.82) is 0 Å². The van der Waals surface area contributed by atoms with Crippen molar-refractivity contribution in [2.24, 2.45) is 10.8 Å². The number of aromatic nitrogens is 2. The number of hydrogen-bond donors (Lipinski definition) is 2. The van der Waals surface area contributed by atoms with Gasteiger partial charge in [-0.05, 0) is 54.7 Å². The summed E-state index contributed by atoms with van der Waals surface area (Å²) >= 11 is 6.25. The maximum atomic E-state index is 6.51. The summed E-state index contributed by atoms with van der Waals surface area (Å²) in [7, 11) is 0. The zero-order valence-electron chi connectivity index (χ0n) is 16.5. The fraction of sp³-hybridized carbons (Fsp3) is 0.524. The molecule has 3 N–H and O–H groups in total. The fourth-order valence-electron chi connectivity index (χ4n) is 5.23. The van der Waals surface area contributed by atoms with Crippen LogP contribution in [-0.4, -0.2) is 22.6 Å². The van der Waals surface area contributed by atoms with Crippen molar-refractivity contribution in [3.63, 3.8) is 0 Å². The second kappa shape index (κ2) is 6.26. The lowest BCUT2D eigenvalue weighted by molar-refractivity contribution is 0.136. The highest BCUT2D eigenvalue weighted by atomic mass is 35.5. The third-order valence-electron chi connectivity index (χ3n) is 5.98. The maximum absolute atomic E-state index is 6.51. The van der Waals surface area contributed by atoms with Gasteiger partial charge >= 0.3 is 0 Å². The number of nitrogens with zero attached hydrogens (tertiary/aromatic N) is 3. The molecule has 27 heavy (non-hydrogen) atoms. The fourth-order valence-corrected chi connectivity index (χ4v) is 5.41. The summed E-state index contributed by atoms with van der Waals surface area (Å²) in [5, 5.41) is 4.02. The number of nitrogens with one attached hydrogen (secondary N) is 1. The Labute approximate surface area is 166 Å². The Kier molecular flexibility index (Phi) is 4.26. The van der Waals surface area contributed by atoms with Crippen LogP contribution in [0.4, 0.5) is 23.0 Å². The van der Waals surface area contributed by atoms with Crippen LogP contribution in [0.2, 0.25) is 5.02 Å². The maximum Gasteiger partial charge on any atom is 0.159 e. The van der Waals surface area contributed by atoms with E-state index in [1.54, 1.807) is 6.33 Å². The van der Waals surface area contributed by atoms with E-state index in [0.29, 0.717) is 28.4 Å². The van der Waals surface area contributed by atoms with Crippen molar-refractivity contribution < 1.29 is 0 Å². The molecule has 1 aromatic carbocycles. The van der Waals surface area contributed by atoms with E-state index in [2.05, 4.69) is 41.0 Å². The molecule has 0 spiro atoms. The summed E-state index contributed by atoms with van der Waals surface area (Å²) < 4.78 is 0. The molecule has 0 radical (unpaired) electrons. The molecule has 1 saturated heterocycles. The molecule has 1 aliphatic carbocycles. The summed E-state index contributed by atoms with van der Waals surface area (Å²) in [6.45, 7) is 10.1. The quantitative estimate of drug-likeness (QED) is 0.762. The molecule has 2 aromatic rings. The molecule has 5 nitrogen and oxygen atoms in total. The molecule has 0 amide bonds. The average molecular weight is 386 g/mol. The first-order valence-corrected chi connectivity index (χ1v) is 9.94. The van der Waals surface area contributed by atoms with E-state index in [0.717, 1.165) is 28.6 Å². The number of aryl methyl sites for hydroxylation is 1. The summed E-state index contributed by atoms with van der Waals surface area (Å²) in [5.74, 6) is 1.47. The third kappa shape index (κ3) is 3.45. The van der Waals surface area contributed by atoms with E-state index in [1.165, 1.54) is 19.3 Å². The SMILES string of the molecule is Cc1ccc(Nc2ncnc(N3CC4(C)CC3CC(C)(C)C4)c2N)cc1Cl. The van der Waals surface area contributed by atoms with Crippen LogP contribution in [0.25, 0.3) is 0 Å². The molecule has 4 rings (SSSR count). The Hall–Kier alpha value is -2.01. The Morgan fingerprint density at radius 1 is 1.22 bits per heavy atom. The standard InChI is InChI=1S/C21H28ClN5/c1-13-5-6-14(7-16(13)22)26-18-17(23)19(25-12-24-18)27-11-21(4)9-15(27)8-20(2,3)10-21/h5-7,12,15H,8-11,23H2,1-4H3,(H,24,25,26). The molecule has 1 aliphatic heterocycles. The monoisotopic (exact) mass is 385 g/mol. The Morgan fingerprint density at radius 2 is 2.00 bits per heavy atom. The third-order valence-corrected chi connectivity index (χ3v) is 6.39.